The first kappa shape index (κ1) is 15.6. The van der Waals surface area contributed by atoms with Crippen LogP contribution in [0.3, 0.4) is 0 Å². The molecule has 21 heavy (non-hydrogen) atoms. The Kier molecular flexibility index (Phi) is 5.02. The lowest BCUT2D eigenvalue weighted by atomic mass is 10.2. The Morgan fingerprint density at radius 3 is 2.52 bits per heavy atom. The molecule has 4 heteroatoms. The summed E-state index contributed by atoms with van der Waals surface area (Å²) < 4.78 is 13.5. The number of thioether (sulfide) groups is 1. The third kappa shape index (κ3) is 4.08. The van der Waals surface area contributed by atoms with Gasteiger partial charge in [-0.05, 0) is 50.1 Å². The minimum absolute atomic E-state index is 0.133. The molecule has 0 radical (unpaired) electrons. The summed E-state index contributed by atoms with van der Waals surface area (Å²) in [6.45, 7) is 5.55. The Balaban J connectivity index is 2.02. The van der Waals surface area contributed by atoms with Gasteiger partial charge in [0.1, 0.15) is 5.82 Å². The average molecular weight is 303 g/mol. The summed E-state index contributed by atoms with van der Waals surface area (Å²) in [7, 11) is 0. The van der Waals surface area contributed by atoms with Crippen molar-refractivity contribution in [1.29, 1.82) is 0 Å². The number of rotatable bonds is 4. The minimum Gasteiger partial charge on any atom is -0.325 e. The molecule has 110 valence electrons. The Labute approximate surface area is 128 Å². The maximum Gasteiger partial charge on any atom is 0.237 e. The molecule has 2 aromatic rings. The molecule has 0 spiro atoms. The molecule has 2 rings (SSSR count). The summed E-state index contributed by atoms with van der Waals surface area (Å²) in [6, 6.07) is 12.6. The smallest absolute Gasteiger partial charge is 0.237 e. The van der Waals surface area contributed by atoms with Crippen molar-refractivity contribution >= 4 is 23.4 Å². The van der Waals surface area contributed by atoms with E-state index in [0.717, 1.165) is 10.5 Å². The van der Waals surface area contributed by atoms with Crippen LogP contribution in [0.4, 0.5) is 10.1 Å². The van der Waals surface area contributed by atoms with E-state index in [1.165, 1.54) is 17.8 Å². The normalized spacial score (nSPS) is 12.0. The van der Waals surface area contributed by atoms with E-state index in [1.807, 2.05) is 38.1 Å². The van der Waals surface area contributed by atoms with Gasteiger partial charge in [0.15, 0.2) is 0 Å². The largest absolute Gasteiger partial charge is 0.325 e. The number of halogens is 1. The summed E-state index contributed by atoms with van der Waals surface area (Å²) in [6.07, 6.45) is 0. The Morgan fingerprint density at radius 2 is 1.86 bits per heavy atom. The van der Waals surface area contributed by atoms with Gasteiger partial charge < -0.3 is 5.32 Å². The number of nitrogens with one attached hydrogen (secondary N) is 1. The quantitative estimate of drug-likeness (QED) is 0.839. The molecule has 2 aromatic carbocycles. The molecule has 1 N–H and O–H groups in total. The van der Waals surface area contributed by atoms with Crippen LogP contribution >= 0.6 is 11.8 Å². The summed E-state index contributed by atoms with van der Waals surface area (Å²) in [5, 5.41) is 2.50. The van der Waals surface area contributed by atoms with E-state index in [1.54, 1.807) is 19.1 Å². The van der Waals surface area contributed by atoms with Crippen molar-refractivity contribution in [3.63, 3.8) is 0 Å². The number of aryl methyl sites for hydroxylation is 2. The van der Waals surface area contributed by atoms with Gasteiger partial charge in [-0.25, -0.2) is 4.39 Å². The van der Waals surface area contributed by atoms with E-state index in [0.29, 0.717) is 11.3 Å². The van der Waals surface area contributed by atoms with Crippen LogP contribution in [0.5, 0.6) is 0 Å². The van der Waals surface area contributed by atoms with E-state index >= 15 is 0 Å². The van der Waals surface area contributed by atoms with Gasteiger partial charge in [0, 0.05) is 10.6 Å². The molecular formula is C17H18FNOS. The van der Waals surface area contributed by atoms with Crippen molar-refractivity contribution in [2.45, 2.75) is 30.9 Å². The number of hydrogen-bond donors (Lipinski definition) is 1. The van der Waals surface area contributed by atoms with E-state index in [2.05, 4.69) is 5.32 Å². The van der Waals surface area contributed by atoms with Crippen LogP contribution in [0.25, 0.3) is 0 Å². The fourth-order valence-corrected chi connectivity index (χ4v) is 2.81. The second-order valence-electron chi connectivity index (χ2n) is 4.98. The molecule has 0 aliphatic carbocycles. The summed E-state index contributed by atoms with van der Waals surface area (Å²) in [5.74, 6) is -0.446. The second kappa shape index (κ2) is 6.76. The summed E-state index contributed by atoms with van der Waals surface area (Å²) >= 11 is 1.50. The van der Waals surface area contributed by atoms with Crippen molar-refractivity contribution in [3.05, 3.63) is 59.4 Å². The molecule has 0 saturated carbocycles. The first-order valence-corrected chi connectivity index (χ1v) is 7.64. The zero-order chi connectivity index (χ0) is 15.4. The maximum absolute atomic E-state index is 13.5. The van der Waals surface area contributed by atoms with Gasteiger partial charge in [-0.3, -0.25) is 4.79 Å². The molecule has 0 bridgehead atoms. The molecule has 2 nitrogen and oxygen atoms in total. The van der Waals surface area contributed by atoms with Gasteiger partial charge in [-0.1, -0.05) is 24.3 Å². The molecule has 1 amide bonds. The minimum atomic E-state index is -0.313. The van der Waals surface area contributed by atoms with Crippen LogP contribution in [0, 0.1) is 19.7 Å². The standard InChI is InChI=1S/C17H18FNOS/c1-11-8-9-14(10-15(11)18)19-17(20)13(3)21-16-7-5-4-6-12(16)2/h4-10,13H,1-3H3,(H,19,20). The van der Waals surface area contributed by atoms with E-state index in [4.69, 9.17) is 0 Å². The average Bonchev–Trinajstić information content (AvgIpc) is 2.45. The van der Waals surface area contributed by atoms with Gasteiger partial charge >= 0.3 is 0 Å². The molecule has 0 aliphatic rings. The van der Waals surface area contributed by atoms with Crippen LogP contribution in [-0.4, -0.2) is 11.2 Å². The summed E-state index contributed by atoms with van der Waals surface area (Å²) in [5.41, 5.74) is 2.19. The molecule has 0 aliphatic heterocycles. The molecule has 0 fully saturated rings. The highest BCUT2D eigenvalue weighted by molar-refractivity contribution is 8.00. The molecule has 0 saturated heterocycles. The van der Waals surface area contributed by atoms with Crippen molar-refractivity contribution in [2.24, 2.45) is 0 Å². The van der Waals surface area contributed by atoms with E-state index in [-0.39, 0.29) is 17.0 Å². The predicted molar refractivity (Wildman–Crippen MR) is 86.3 cm³/mol. The van der Waals surface area contributed by atoms with Gasteiger partial charge in [0.25, 0.3) is 0 Å². The van der Waals surface area contributed by atoms with Gasteiger partial charge in [-0.2, -0.15) is 0 Å². The Morgan fingerprint density at radius 1 is 1.14 bits per heavy atom. The second-order valence-corrected chi connectivity index (χ2v) is 6.36. The van der Waals surface area contributed by atoms with Crippen LogP contribution in [-0.2, 0) is 4.79 Å². The van der Waals surface area contributed by atoms with Gasteiger partial charge in [0.2, 0.25) is 5.91 Å². The lowest BCUT2D eigenvalue weighted by Crippen LogP contribution is -2.22. The fraction of sp³-hybridized carbons (Fsp3) is 0.235. The third-order valence-corrected chi connectivity index (χ3v) is 4.49. The number of carbonyl (C=O) groups is 1. The van der Waals surface area contributed by atoms with Gasteiger partial charge in [0.05, 0.1) is 5.25 Å². The Hall–Kier alpha value is -1.81. The summed E-state index contributed by atoms with van der Waals surface area (Å²) in [4.78, 5) is 13.2. The maximum atomic E-state index is 13.5. The molecule has 1 atom stereocenters. The number of carbonyl (C=O) groups excluding carboxylic acids is 1. The topological polar surface area (TPSA) is 29.1 Å². The fourth-order valence-electron chi connectivity index (χ4n) is 1.85. The number of hydrogen-bond acceptors (Lipinski definition) is 2. The lowest BCUT2D eigenvalue weighted by Gasteiger charge is -2.13. The van der Waals surface area contributed by atoms with Crippen LogP contribution in [0.2, 0.25) is 0 Å². The molecule has 0 aromatic heterocycles. The third-order valence-electron chi connectivity index (χ3n) is 3.21. The SMILES string of the molecule is Cc1ccc(NC(=O)C(C)Sc2ccccc2C)cc1F. The van der Waals surface area contributed by atoms with Crippen LogP contribution < -0.4 is 5.32 Å². The number of benzene rings is 2. The molecule has 1 unspecified atom stereocenters. The highest BCUT2D eigenvalue weighted by Gasteiger charge is 2.15. The van der Waals surface area contributed by atoms with Crippen LogP contribution in [0.1, 0.15) is 18.1 Å². The van der Waals surface area contributed by atoms with Gasteiger partial charge in [-0.15, -0.1) is 11.8 Å². The van der Waals surface area contributed by atoms with Crippen molar-refractivity contribution in [3.8, 4) is 0 Å². The predicted octanol–water partition coefficient (Wildman–Crippen LogP) is 4.56. The first-order valence-electron chi connectivity index (χ1n) is 6.76. The highest BCUT2D eigenvalue weighted by Crippen LogP contribution is 2.27. The monoisotopic (exact) mass is 303 g/mol. The van der Waals surface area contributed by atoms with Crippen molar-refractivity contribution in [2.75, 3.05) is 5.32 Å². The van der Waals surface area contributed by atoms with Crippen molar-refractivity contribution in [1.82, 2.24) is 0 Å². The lowest BCUT2D eigenvalue weighted by molar-refractivity contribution is -0.115. The van der Waals surface area contributed by atoms with E-state index in [9.17, 15) is 9.18 Å². The first-order chi connectivity index (χ1) is 9.97. The van der Waals surface area contributed by atoms with E-state index < -0.39 is 0 Å². The van der Waals surface area contributed by atoms with Crippen molar-refractivity contribution < 1.29 is 9.18 Å². The Bertz CT molecular complexity index is 657. The number of amides is 1. The highest BCUT2D eigenvalue weighted by atomic mass is 32.2. The zero-order valence-electron chi connectivity index (χ0n) is 12.3. The zero-order valence-corrected chi connectivity index (χ0v) is 13.1. The molecular weight excluding hydrogens is 285 g/mol. The molecule has 0 heterocycles. The number of anilines is 1. The van der Waals surface area contributed by atoms with Crippen LogP contribution in [0.15, 0.2) is 47.4 Å².